The molecule has 0 atom stereocenters. The predicted octanol–water partition coefficient (Wildman–Crippen LogP) is 2.99. The van der Waals surface area contributed by atoms with Crippen LogP contribution in [0.2, 0.25) is 0 Å². The highest BCUT2D eigenvalue weighted by Gasteiger charge is 2.24. The molecule has 2 rings (SSSR count). The summed E-state index contributed by atoms with van der Waals surface area (Å²) in [5.41, 5.74) is -0.384. The van der Waals surface area contributed by atoms with Crippen LogP contribution >= 0.6 is 11.3 Å². The van der Waals surface area contributed by atoms with Gasteiger partial charge in [-0.2, -0.15) is 0 Å². The molecule has 0 saturated carbocycles. The lowest BCUT2D eigenvalue weighted by Crippen LogP contribution is -2.23. The fourth-order valence-electron chi connectivity index (χ4n) is 1.99. The molecular formula is C15H16N2O5S. The molecule has 0 bridgehead atoms. The summed E-state index contributed by atoms with van der Waals surface area (Å²) in [5.74, 6) is -0.0241. The van der Waals surface area contributed by atoms with Crippen molar-refractivity contribution in [3.8, 4) is 11.5 Å². The third kappa shape index (κ3) is 3.98. The fourth-order valence-corrected chi connectivity index (χ4v) is 2.63. The van der Waals surface area contributed by atoms with Crippen molar-refractivity contribution in [2.75, 3.05) is 13.7 Å². The highest BCUT2D eigenvalue weighted by molar-refractivity contribution is 7.09. The number of nitrogens with one attached hydrogen (secondary N) is 1. The van der Waals surface area contributed by atoms with Gasteiger partial charge in [0.1, 0.15) is 5.56 Å². The van der Waals surface area contributed by atoms with Crippen LogP contribution in [0.4, 0.5) is 5.69 Å². The number of rotatable bonds is 7. The number of thiophene rings is 1. The molecule has 0 spiro atoms. The molecule has 122 valence electrons. The lowest BCUT2D eigenvalue weighted by atomic mass is 10.1. The Balaban J connectivity index is 2.31. The Hall–Kier alpha value is -2.61. The number of hydrogen-bond acceptors (Lipinski definition) is 6. The van der Waals surface area contributed by atoms with Gasteiger partial charge in [-0.25, -0.2) is 0 Å². The molecule has 1 amide bonds. The SMILES string of the molecule is CCOc1cc(C(=O)NCc2cccs2)c([N+](=O)[O-])cc1OC. The number of carbonyl (C=O) groups excluding carboxylic acids is 1. The van der Waals surface area contributed by atoms with Gasteiger partial charge in [-0.1, -0.05) is 6.07 Å². The van der Waals surface area contributed by atoms with E-state index in [9.17, 15) is 14.9 Å². The summed E-state index contributed by atoms with van der Waals surface area (Å²) in [6.45, 7) is 2.44. The number of nitro benzene ring substituents is 1. The van der Waals surface area contributed by atoms with Crippen LogP contribution in [0.15, 0.2) is 29.6 Å². The van der Waals surface area contributed by atoms with E-state index in [1.807, 2.05) is 17.5 Å². The van der Waals surface area contributed by atoms with Crippen LogP contribution < -0.4 is 14.8 Å². The lowest BCUT2D eigenvalue weighted by molar-refractivity contribution is -0.385. The molecule has 23 heavy (non-hydrogen) atoms. The van der Waals surface area contributed by atoms with E-state index < -0.39 is 10.8 Å². The second kappa shape index (κ2) is 7.59. The van der Waals surface area contributed by atoms with E-state index in [2.05, 4.69) is 5.32 Å². The van der Waals surface area contributed by atoms with Crippen molar-refractivity contribution >= 4 is 22.9 Å². The summed E-state index contributed by atoms with van der Waals surface area (Å²) in [6.07, 6.45) is 0. The van der Waals surface area contributed by atoms with Crippen LogP contribution in [0.1, 0.15) is 22.2 Å². The van der Waals surface area contributed by atoms with Gasteiger partial charge in [0.15, 0.2) is 11.5 Å². The summed E-state index contributed by atoms with van der Waals surface area (Å²) in [7, 11) is 1.39. The van der Waals surface area contributed by atoms with E-state index in [0.29, 0.717) is 18.9 Å². The topological polar surface area (TPSA) is 90.7 Å². The zero-order chi connectivity index (χ0) is 16.8. The van der Waals surface area contributed by atoms with Crippen LogP contribution in [-0.2, 0) is 6.54 Å². The van der Waals surface area contributed by atoms with Crippen molar-refractivity contribution in [2.24, 2.45) is 0 Å². The van der Waals surface area contributed by atoms with Crippen LogP contribution in [0.25, 0.3) is 0 Å². The highest BCUT2D eigenvalue weighted by atomic mass is 32.1. The molecular weight excluding hydrogens is 320 g/mol. The summed E-state index contributed by atoms with van der Waals surface area (Å²) in [6, 6.07) is 6.28. The average Bonchev–Trinajstić information content (AvgIpc) is 3.05. The second-order valence-corrected chi connectivity index (χ2v) is 5.50. The van der Waals surface area contributed by atoms with Crippen LogP contribution in [0.3, 0.4) is 0 Å². The second-order valence-electron chi connectivity index (χ2n) is 4.47. The monoisotopic (exact) mass is 336 g/mol. The molecule has 1 aromatic heterocycles. The van der Waals surface area contributed by atoms with E-state index in [-0.39, 0.29) is 17.0 Å². The van der Waals surface area contributed by atoms with Gasteiger partial charge in [0.2, 0.25) is 0 Å². The highest BCUT2D eigenvalue weighted by Crippen LogP contribution is 2.34. The van der Waals surface area contributed by atoms with Crippen molar-refractivity contribution < 1.29 is 19.2 Å². The maximum absolute atomic E-state index is 12.3. The number of methoxy groups -OCH3 is 1. The largest absolute Gasteiger partial charge is 0.493 e. The Morgan fingerprint density at radius 1 is 1.39 bits per heavy atom. The number of nitro groups is 1. The molecule has 0 radical (unpaired) electrons. The Morgan fingerprint density at radius 3 is 2.74 bits per heavy atom. The summed E-state index contributed by atoms with van der Waals surface area (Å²) in [4.78, 5) is 23.9. The number of benzene rings is 1. The third-order valence-corrected chi connectivity index (χ3v) is 3.90. The maximum Gasteiger partial charge on any atom is 0.286 e. The van der Waals surface area contributed by atoms with Crippen molar-refractivity contribution in [3.05, 3.63) is 50.2 Å². The van der Waals surface area contributed by atoms with Crippen molar-refractivity contribution in [2.45, 2.75) is 13.5 Å². The normalized spacial score (nSPS) is 10.2. The molecule has 0 aliphatic rings. The van der Waals surface area contributed by atoms with Gasteiger partial charge < -0.3 is 14.8 Å². The first-order valence-electron chi connectivity index (χ1n) is 6.86. The Bertz CT molecular complexity index is 700. The summed E-state index contributed by atoms with van der Waals surface area (Å²) >= 11 is 1.49. The zero-order valence-corrected chi connectivity index (χ0v) is 13.5. The Labute approximate surface area is 137 Å². The molecule has 0 aliphatic carbocycles. The van der Waals surface area contributed by atoms with Gasteiger partial charge in [0.25, 0.3) is 11.6 Å². The number of ether oxygens (including phenoxy) is 2. The minimum Gasteiger partial charge on any atom is -0.493 e. The van der Waals surface area contributed by atoms with Gasteiger partial charge in [-0.15, -0.1) is 11.3 Å². The van der Waals surface area contributed by atoms with Crippen molar-refractivity contribution in [1.82, 2.24) is 5.32 Å². The quantitative estimate of drug-likeness (QED) is 0.620. The molecule has 0 fully saturated rings. The van der Waals surface area contributed by atoms with Crippen molar-refractivity contribution in [1.29, 1.82) is 0 Å². The van der Waals surface area contributed by atoms with Crippen LogP contribution in [0, 0.1) is 10.1 Å². The molecule has 0 saturated heterocycles. The standard InChI is InChI=1S/C15H16N2O5S/c1-3-22-14-7-11(12(17(19)20)8-13(14)21-2)15(18)16-9-10-5-4-6-23-10/h4-8H,3,9H2,1-2H3,(H,16,18). The molecule has 1 N–H and O–H groups in total. The molecule has 0 unspecified atom stereocenters. The minimum absolute atomic E-state index is 0.0594. The third-order valence-electron chi connectivity index (χ3n) is 3.03. The van der Waals surface area contributed by atoms with Crippen LogP contribution in [0.5, 0.6) is 11.5 Å². The Kier molecular flexibility index (Phi) is 5.53. The zero-order valence-electron chi connectivity index (χ0n) is 12.7. The molecule has 1 heterocycles. The minimum atomic E-state index is -0.613. The number of nitrogens with zero attached hydrogens (tertiary/aromatic N) is 1. The van der Waals surface area contributed by atoms with Crippen LogP contribution in [-0.4, -0.2) is 24.5 Å². The number of hydrogen-bond donors (Lipinski definition) is 1. The number of carbonyl (C=O) groups is 1. The summed E-state index contributed by atoms with van der Waals surface area (Å²) in [5, 5.41) is 15.8. The predicted molar refractivity (Wildman–Crippen MR) is 86.3 cm³/mol. The Morgan fingerprint density at radius 2 is 2.17 bits per heavy atom. The van der Waals surface area contributed by atoms with E-state index in [4.69, 9.17) is 9.47 Å². The van der Waals surface area contributed by atoms with E-state index >= 15 is 0 Å². The van der Waals surface area contributed by atoms with Crippen molar-refractivity contribution in [3.63, 3.8) is 0 Å². The molecule has 8 heteroatoms. The van der Waals surface area contributed by atoms with Gasteiger partial charge in [0, 0.05) is 10.9 Å². The van der Waals surface area contributed by atoms with Gasteiger partial charge >= 0.3 is 0 Å². The van der Waals surface area contributed by atoms with Gasteiger partial charge in [-0.3, -0.25) is 14.9 Å². The average molecular weight is 336 g/mol. The first kappa shape index (κ1) is 16.8. The fraction of sp³-hybridized carbons (Fsp3) is 0.267. The maximum atomic E-state index is 12.3. The first-order valence-corrected chi connectivity index (χ1v) is 7.74. The lowest BCUT2D eigenvalue weighted by Gasteiger charge is -2.12. The first-order chi connectivity index (χ1) is 11.1. The van der Waals surface area contributed by atoms with Gasteiger partial charge in [-0.05, 0) is 18.4 Å². The molecule has 1 aromatic carbocycles. The van der Waals surface area contributed by atoms with E-state index in [1.165, 1.54) is 30.6 Å². The smallest absolute Gasteiger partial charge is 0.286 e. The molecule has 0 aliphatic heterocycles. The molecule has 7 nitrogen and oxygen atoms in total. The summed E-state index contributed by atoms with van der Waals surface area (Å²) < 4.78 is 10.5. The van der Waals surface area contributed by atoms with E-state index in [0.717, 1.165) is 4.88 Å². The van der Waals surface area contributed by atoms with Gasteiger partial charge in [0.05, 0.1) is 31.3 Å². The molecule has 2 aromatic rings. The number of amides is 1. The van der Waals surface area contributed by atoms with E-state index in [1.54, 1.807) is 6.92 Å².